The first kappa shape index (κ1) is 16.9. The van der Waals surface area contributed by atoms with Crippen LogP contribution in [0.3, 0.4) is 0 Å². The minimum absolute atomic E-state index is 0.0744. The lowest BCUT2D eigenvalue weighted by Gasteiger charge is -2.16. The number of aliphatic carboxylic acids is 1. The maximum atomic E-state index is 12.6. The molecule has 0 spiro atoms. The summed E-state index contributed by atoms with van der Waals surface area (Å²) in [5, 5.41) is 8.54. The number of halogens is 4. The average Bonchev–Trinajstić information content (AvgIpc) is 2.25. The van der Waals surface area contributed by atoms with Gasteiger partial charge in [0.1, 0.15) is 6.54 Å². The van der Waals surface area contributed by atoms with Crippen molar-refractivity contribution in [2.45, 2.75) is 11.1 Å². The standard InChI is InChI=1S/C10H9BrF3NO4S/c1-15(5-9(16)17)20(18,19)8-3-6(10(12,13)14)2-7(11)4-8/h2-4H,5H2,1H3,(H,16,17). The molecule has 20 heavy (non-hydrogen) atoms. The van der Waals surface area contributed by atoms with Crippen LogP contribution < -0.4 is 0 Å². The number of hydrogen-bond donors (Lipinski definition) is 1. The summed E-state index contributed by atoms with van der Waals surface area (Å²) in [5.74, 6) is -1.41. The molecule has 1 aromatic carbocycles. The zero-order valence-electron chi connectivity index (χ0n) is 9.98. The van der Waals surface area contributed by atoms with Gasteiger partial charge in [0, 0.05) is 11.5 Å². The molecule has 5 nitrogen and oxygen atoms in total. The van der Waals surface area contributed by atoms with E-state index in [1.807, 2.05) is 0 Å². The zero-order chi connectivity index (χ0) is 15.7. The van der Waals surface area contributed by atoms with Gasteiger partial charge in [0.05, 0.1) is 10.5 Å². The highest BCUT2D eigenvalue weighted by Gasteiger charge is 2.33. The van der Waals surface area contributed by atoms with Gasteiger partial charge in [0.2, 0.25) is 10.0 Å². The fourth-order valence-electron chi connectivity index (χ4n) is 1.33. The highest BCUT2D eigenvalue weighted by Crippen LogP contribution is 2.33. The Hall–Kier alpha value is -1.13. The molecule has 0 fully saturated rings. The van der Waals surface area contributed by atoms with Crippen LogP contribution in [-0.4, -0.2) is 37.4 Å². The van der Waals surface area contributed by atoms with E-state index in [-0.39, 0.29) is 4.47 Å². The van der Waals surface area contributed by atoms with Crippen LogP contribution in [0.5, 0.6) is 0 Å². The van der Waals surface area contributed by atoms with Gasteiger partial charge < -0.3 is 5.11 Å². The van der Waals surface area contributed by atoms with Gasteiger partial charge >= 0.3 is 12.1 Å². The number of rotatable bonds is 4. The second-order valence-corrected chi connectivity index (χ2v) is 6.79. The van der Waals surface area contributed by atoms with Crippen LogP contribution in [0.1, 0.15) is 5.56 Å². The SMILES string of the molecule is CN(CC(=O)O)S(=O)(=O)c1cc(Br)cc(C(F)(F)F)c1. The molecule has 0 saturated carbocycles. The fourth-order valence-corrected chi connectivity index (χ4v) is 3.17. The Bertz CT molecular complexity index is 630. The summed E-state index contributed by atoms with van der Waals surface area (Å²) in [6.45, 7) is -0.851. The van der Waals surface area contributed by atoms with Crippen LogP contribution in [0.4, 0.5) is 13.2 Å². The molecule has 1 rings (SSSR count). The second kappa shape index (κ2) is 5.70. The average molecular weight is 376 g/mol. The normalized spacial score (nSPS) is 12.7. The lowest BCUT2D eigenvalue weighted by molar-refractivity contribution is -0.138. The highest BCUT2D eigenvalue weighted by molar-refractivity contribution is 9.10. The molecule has 0 heterocycles. The molecule has 0 amide bonds. The number of sulfonamides is 1. The summed E-state index contributed by atoms with van der Waals surface area (Å²) in [5.41, 5.74) is -1.14. The quantitative estimate of drug-likeness (QED) is 0.874. The Kier molecular flexibility index (Phi) is 4.82. The maximum absolute atomic E-state index is 12.6. The van der Waals surface area contributed by atoms with E-state index in [0.717, 1.165) is 19.2 Å². The summed E-state index contributed by atoms with van der Waals surface area (Å²) >= 11 is 2.80. The maximum Gasteiger partial charge on any atom is 0.416 e. The molecule has 1 aromatic rings. The van der Waals surface area contributed by atoms with Crippen molar-refractivity contribution in [2.24, 2.45) is 0 Å². The topological polar surface area (TPSA) is 74.7 Å². The van der Waals surface area contributed by atoms with Gasteiger partial charge in [-0.3, -0.25) is 4.79 Å². The van der Waals surface area contributed by atoms with E-state index in [2.05, 4.69) is 15.9 Å². The molecule has 0 unspecified atom stereocenters. The predicted molar refractivity (Wildman–Crippen MR) is 66.6 cm³/mol. The Morgan fingerprint density at radius 1 is 1.35 bits per heavy atom. The first-order valence-electron chi connectivity index (χ1n) is 5.00. The molecule has 0 aromatic heterocycles. The summed E-state index contributed by atoms with van der Waals surface area (Å²) < 4.78 is 62.2. The summed E-state index contributed by atoms with van der Waals surface area (Å²) in [6.07, 6.45) is -4.71. The molecule has 0 radical (unpaired) electrons. The zero-order valence-corrected chi connectivity index (χ0v) is 12.4. The molecule has 112 valence electrons. The van der Waals surface area contributed by atoms with Gasteiger partial charge in [-0.1, -0.05) is 15.9 Å². The molecule has 0 saturated heterocycles. The van der Waals surface area contributed by atoms with Gasteiger partial charge in [-0.05, 0) is 18.2 Å². The fraction of sp³-hybridized carbons (Fsp3) is 0.300. The monoisotopic (exact) mass is 375 g/mol. The second-order valence-electron chi connectivity index (χ2n) is 3.83. The molecular formula is C10H9BrF3NO4S. The Morgan fingerprint density at radius 2 is 1.90 bits per heavy atom. The molecule has 0 aliphatic heterocycles. The lowest BCUT2D eigenvalue weighted by Crippen LogP contribution is -2.32. The minimum Gasteiger partial charge on any atom is -0.480 e. The number of carbonyl (C=O) groups is 1. The van der Waals surface area contributed by atoms with Gasteiger partial charge in [0.15, 0.2) is 0 Å². The van der Waals surface area contributed by atoms with E-state index in [0.29, 0.717) is 10.4 Å². The first-order chi connectivity index (χ1) is 8.94. The van der Waals surface area contributed by atoms with Gasteiger partial charge in [0.25, 0.3) is 0 Å². The molecule has 0 aliphatic rings. The molecule has 0 aliphatic carbocycles. The first-order valence-corrected chi connectivity index (χ1v) is 7.24. The van der Waals surface area contributed by atoms with Crippen molar-refractivity contribution in [1.82, 2.24) is 4.31 Å². The van der Waals surface area contributed by atoms with Crippen molar-refractivity contribution >= 4 is 31.9 Å². The van der Waals surface area contributed by atoms with Crippen LogP contribution in [0, 0.1) is 0 Å². The van der Waals surface area contributed by atoms with Crippen molar-refractivity contribution in [3.8, 4) is 0 Å². The van der Waals surface area contributed by atoms with Gasteiger partial charge in [-0.25, -0.2) is 8.42 Å². The Morgan fingerprint density at radius 3 is 2.35 bits per heavy atom. The lowest BCUT2D eigenvalue weighted by atomic mass is 10.2. The van der Waals surface area contributed by atoms with Crippen LogP contribution in [0.2, 0.25) is 0 Å². The van der Waals surface area contributed by atoms with Gasteiger partial charge in [-0.2, -0.15) is 17.5 Å². The number of likely N-dealkylation sites (N-methyl/N-ethyl adjacent to an activating group) is 1. The molecular weight excluding hydrogens is 367 g/mol. The third-order valence-corrected chi connectivity index (χ3v) is 4.50. The number of carboxylic acids is 1. The summed E-state index contributed by atoms with van der Waals surface area (Å²) in [7, 11) is -3.35. The number of carboxylic acid groups (broad SMARTS) is 1. The molecule has 10 heteroatoms. The van der Waals surface area contributed by atoms with Crippen molar-refractivity contribution < 1.29 is 31.5 Å². The number of nitrogens with zero attached hydrogens (tertiary/aromatic N) is 1. The van der Waals surface area contributed by atoms with Crippen molar-refractivity contribution in [2.75, 3.05) is 13.6 Å². The third-order valence-electron chi connectivity index (χ3n) is 2.26. The van der Waals surface area contributed by atoms with Crippen LogP contribution in [0.15, 0.2) is 27.6 Å². The number of alkyl halides is 3. The van der Waals surface area contributed by atoms with E-state index in [9.17, 15) is 26.4 Å². The predicted octanol–water partition coefficient (Wildman–Crippen LogP) is 2.17. The summed E-state index contributed by atoms with van der Waals surface area (Å²) in [4.78, 5) is 9.85. The Labute approximate surface area is 121 Å². The summed E-state index contributed by atoms with van der Waals surface area (Å²) in [6, 6.07) is 2.16. The molecule has 0 bridgehead atoms. The molecule has 1 N–H and O–H groups in total. The van der Waals surface area contributed by atoms with Crippen molar-refractivity contribution in [3.05, 3.63) is 28.2 Å². The minimum atomic E-state index is -4.71. The van der Waals surface area contributed by atoms with Crippen LogP contribution in [0.25, 0.3) is 0 Å². The van der Waals surface area contributed by atoms with E-state index < -0.39 is 39.2 Å². The van der Waals surface area contributed by atoms with Crippen LogP contribution >= 0.6 is 15.9 Å². The van der Waals surface area contributed by atoms with Crippen LogP contribution in [-0.2, 0) is 21.0 Å². The van der Waals surface area contributed by atoms with E-state index in [1.54, 1.807) is 0 Å². The highest BCUT2D eigenvalue weighted by atomic mass is 79.9. The number of benzene rings is 1. The van der Waals surface area contributed by atoms with E-state index in [1.165, 1.54) is 0 Å². The van der Waals surface area contributed by atoms with Crippen molar-refractivity contribution in [1.29, 1.82) is 0 Å². The van der Waals surface area contributed by atoms with Crippen molar-refractivity contribution in [3.63, 3.8) is 0 Å². The smallest absolute Gasteiger partial charge is 0.416 e. The van der Waals surface area contributed by atoms with E-state index >= 15 is 0 Å². The largest absolute Gasteiger partial charge is 0.480 e. The van der Waals surface area contributed by atoms with Gasteiger partial charge in [-0.15, -0.1) is 0 Å². The number of hydrogen-bond acceptors (Lipinski definition) is 3. The third kappa shape index (κ3) is 3.93. The van der Waals surface area contributed by atoms with E-state index in [4.69, 9.17) is 5.11 Å². The Balaban J connectivity index is 3.32. The molecule has 0 atom stereocenters.